The van der Waals surface area contributed by atoms with Crippen molar-refractivity contribution in [2.45, 2.75) is 25.0 Å². The van der Waals surface area contributed by atoms with E-state index in [1.54, 1.807) is 12.1 Å². The lowest BCUT2D eigenvalue weighted by Gasteiger charge is -2.11. The Morgan fingerprint density at radius 2 is 2.07 bits per heavy atom. The molecule has 1 aromatic rings. The second-order valence-electron chi connectivity index (χ2n) is 3.49. The van der Waals surface area contributed by atoms with Crippen LogP contribution in [0.1, 0.15) is 24.5 Å². The third-order valence-electron chi connectivity index (χ3n) is 2.48. The summed E-state index contributed by atoms with van der Waals surface area (Å²) in [6.07, 6.45) is 1.33. The van der Waals surface area contributed by atoms with Crippen molar-refractivity contribution in [3.63, 3.8) is 0 Å². The molecule has 1 saturated heterocycles. The van der Waals surface area contributed by atoms with Crippen LogP contribution in [0.2, 0.25) is 10.0 Å². The van der Waals surface area contributed by atoms with Gasteiger partial charge in [-0.2, -0.15) is 5.26 Å². The first-order chi connectivity index (χ1) is 7.20. The van der Waals surface area contributed by atoms with Crippen LogP contribution in [0.25, 0.3) is 0 Å². The molecule has 0 saturated carbocycles. The van der Waals surface area contributed by atoms with Crippen molar-refractivity contribution < 1.29 is 4.74 Å². The molecule has 78 valence electrons. The highest BCUT2D eigenvalue weighted by Crippen LogP contribution is 2.35. The van der Waals surface area contributed by atoms with Gasteiger partial charge in [-0.1, -0.05) is 29.3 Å². The van der Waals surface area contributed by atoms with E-state index in [1.807, 2.05) is 6.07 Å². The topological polar surface area (TPSA) is 33.0 Å². The Morgan fingerprint density at radius 1 is 1.27 bits per heavy atom. The van der Waals surface area contributed by atoms with Gasteiger partial charge in [0, 0.05) is 0 Å². The summed E-state index contributed by atoms with van der Waals surface area (Å²) in [5.74, 6) is 0. The maximum atomic E-state index is 8.71. The summed E-state index contributed by atoms with van der Waals surface area (Å²) in [6.45, 7) is 0. The molecule has 15 heavy (non-hydrogen) atoms. The molecule has 0 N–H and O–H groups in total. The van der Waals surface area contributed by atoms with Crippen molar-refractivity contribution in [1.29, 1.82) is 5.26 Å². The number of halogens is 2. The van der Waals surface area contributed by atoms with E-state index in [9.17, 15) is 0 Å². The van der Waals surface area contributed by atoms with Gasteiger partial charge in [-0.15, -0.1) is 0 Å². The standard InChI is InChI=1S/C11H9Cl2NO/c12-9-3-1-7(5-10(9)13)11-4-2-8(6-14)15-11/h1,3,5,8,11H,2,4H2/t8-,11+/m0/s1. The van der Waals surface area contributed by atoms with Crippen LogP contribution in [-0.2, 0) is 4.74 Å². The Morgan fingerprint density at radius 3 is 2.67 bits per heavy atom. The lowest BCUT2D eigenvalue weighted by molar-refractivity contribution is 0.0750. The third-order valence-corrected chi connectivity index (χ3v) is 3.22. The first kappa shape index (κ1) is 10.8. The first-order valence-electron chi connectivity index (χ1n) is 4.70. The fraction of sp³-hybridized carbons (Fsp3) is 0.364. The highest BCUT2D eigenvalue weighted by atomic mass is 35.5. The van der Waals surface area contributed by atoms with Crippen LogP contribution >= 0.6 is 23.2 Å². The summed E-state index contributed by atoms with van der Waals surface area (Å²) < 4.78 is 5.53. The van der Waals surface area contributed by atoms with Gasteiger partial charge < -0.3 is 4.74 Å². The van der Waals surface area contributed by atoms with Gasteiger partial charge in [0.15, 0.2) is 0 Å². The molecule has 2 atom stereocenters. The van der Waals surface area contributed by atoms with Crippen molar-refractivity contribution in [2.24, 2.45) is 0 Å². The number of ether oxygens (including phenoxy) is 1. The maximum absolute atomic E-state index is 8.71. The van der Waals surface area contributed by atoms with Crippen LogP contribution in [0.15, 0.2) is 18.2 Å². The third kappa shape index (κ3) is 2.26. The van der Waals surface area contributed by atoms with E-state index in [4.69, 9.17) is 33.2 Å². The van der Waals surface area contributed by atoms with E-state index in [1.165, 1.54) is 0 Å². The predicted octanol–water partition coefficient (Wildman–Crippen LogP) is 3.74. The van der Waals surface area contributed by atoms with Crippen molar-refractivity contribution in [3.8, 4) is 6.07 Å². The number of nitrogens with zero attached hydrogens (tertiary/aromatic N) is 1. The Kier molecular flexibility index (Phi) is 3.16. The van der Waals surface area contributed by atoms with Gasteiger partial charge in [-0.3, -0.25) is 0 Å². The fourth-order valence-corrected chi connectivity index (χ4v) is 2.00. The van der Waals surface area contributed by atoms with Gasteiger partial charge in [0.2, 0.25) is 0 Å². The molecule has 0 radical (unpaired) electrons. The van der Waals surface area contributed by atoms with Gasteiger partial charge in [0.25, 0.3) is 0 Å². The lowest BCUT2D eigenvalue weighted by Crippen LogP contribution is -2.02. The second-order valence-corrected chi connectivity index (χ2v) is 4.31. The lowest BCUT2D eigenvalue weighted by atomic mass is 10.1. The van der Waals surface area contributed by atoms with E-state index >= 15 is 0 Å². The molecule has 0 spiro atoms. The predicted molar refractivity (Wildman–Crippen MR) is 58.9 cm³/mol. The Labute approximate surface area is 98.4 Å². The van der Waals surface area contributed by atoms with E-state index in [-0.39, 0.29) is 12.2 Å². The Balaban J connectivity index is 2.18. The van der Waals surface area contributed by atoms with Crippen molar-refractivity contribution >= 4 is 23.2 Å². The SMILES string of the molecule is N#C[C@@H]1CC[C@H](c2ccc(Cl)c(Cl)c2)O1. The minimum Gasteiger partial charge on any atom is -0.355 e. The molecular weight excluding hydrogens is 233 g/mol. The number of hydrogen-bond donors (Lipinski definition) is 0. The first-order valence-corrected chi connectivity index (χ1v) is 5.46. The molecule has 0 unspecified atom stereocenters. The van der Waals surface area contributed by atoms with Crippen molar-refractivity contribution in [1.82, 2.24) is 0 Å². The Bertz CT molecular complexity index is 414. The molecule has 1 aromatic carbocycles. The summed E-state index contributed by atoms with van der Waals surface area (Å²) in [6, 6.07) is 7.55. The van der Waals surface area contributed by atoms with Crippen molar-refractivity contribution in [2.75, 3.05) is 0 Å². The average molecular weight is 242 g/mol. The number of nitriles is 1. The molecule has 0 aromatic heterocycles. The normalized spacial score (nSPS) is 25.1. The van der Waals surface area contributed by atoms with Gasteiger partial charge in [0.05, 0.1) is 22.2 Å². The van der Waals surface area contributed by atoms with E-state index in [0.717, 1.165) is 18.4 Å². The van der Waals surface area contributed by atoms with Gasteiger partial charge in [0.1, 0.15) is 6.10 Å². The molecule has 1 fully saturated rings. The maximum Gasteiger partial charge on any atom is 0.144 e. The number of hydrogen-bond acceptors (Lipinski definition) is 2. The zero-order valence-corrected chi connectivity index (χ0v) is 9.42. The molecule has 0 aliphatic carbocycles. The summed E-state index contributed by atoms with van der Waals surface area (Å²) >= 11 is 11.7. The van der Waals surface area contributed by atoms with Crippen LogP contribution in [0.5, 0.6) is 0 Å². The zero-order valence-electron chi connectivity index (χ0n) is 7.91. The van der Waals surface area contributed by atoms with Crippen LogP contribution < -0.4 is 0 Å². The molecule has 4 heteroatoms. The van der Waals surface area contributed by atoms with Gasteiger partial charge in [-0.05, 0) is 30.5 Å². The van der Waals surface area contributed by atoms with E-state index < -0.39 is 0 Å². The van der Waals surface area contributed by atoms with Gasteiger partial charge >= 0.3 is 0 Å². The minimum atomic E-state index is -0.288. The van der Waals surface area contributed by atoms with Crippen LogP contribution in [0.4, 0.5) is 0 Å². The van der Waals surface area contributed by atoms with Crippen LogP contribution in [0.3, 0.4) is 0 Å². The summed E-state index contributed by atoms with van der Waals surface area (Å²) in [4.78, 5) is 0. The molecule has 1 aliphatic rings. The molecule has 0 amide bonds. The highest BCUT2D eigenvalue weighted by Gasteiger charge is 2.26. The average Bonchev–Trinajstić information content (AvgIpc) is 2.70. The van der Waals surface area contributed by atoms with Crippen LogP contribution in [0, 0.1) is 11.3 Å². The largest absolute Gasteiger partial charge is 0.355 e. The number of rotatable bonds is 1. The Hall–Kier alpha value is -0.750. The second kappa shape index (κ2) is 4.40. The summed E-state index contributed by atoms with van der Waals surface area (Å²) in [7, 11) is 0. The molecule has 2 nitrogen and oxygen atoms in total. The molecular formula is C11H9Cl2NO. The zero-order chi connectivity index (χ0) is 10.8. The van der Waals surface area contributed by atoms with E-state index in [2.05, 4.69) is 6.07 Å². The van der Waals surface area contributed by atoms with E-state index in [0.29, 0.717) is 10.0 Å². The smallest absolute Gasteiger partial charge is 0.144 e. The molecule has 1 aliphatic heterocycles. The van der Waals surface area contributed by atoms with Crippen LogP contribution in [-0.4, -0.2) is 6.10 Å². The minimum absolute atomic E-state index is 0.0237. The quantitative estimate of drug-likeness (QED) is 0.751. The van der Waals surface area contributed by atoms with Gasteiger partial charge in [-0.25, -0.2) is 0 Å². The molecule has 1 heterocycles. The summed E-state index contributed by atoms with van der Waals surface area (Å²) in [5, 5.41) is 9.77. The summed E-state index contributed by atoms with van der Waals surface area (Å²) in [5.41, 5.74) is 0.988. The fourth-order valence-electron chi connectivity index (χ4n) is 1.69. The number of benzene rings is 1. The highest BCUT2D eigenvalue weighted by molar-refractivity contribution is 6.42. The molecule has 2 rings (SSSR count). The monoisotopic (exact) mass is 241 g/mol. The van der Waals surface area contributed by atoms with Crippen molar-refractivity contribution in [3.05, 3.63) is 33.8 Å². The molecule has 0 bridgehead atoms.